The van der Waals surface area contributed by atoms with Crippen LogP contribution in [0.2, 0.25) is 0 Å². The van der Waals surface area contributed by atoms with Gasteiger partial charge in [0.05, 0.1) is 6.10 Å². The summed E-state index contributed by atoms with van der Waals surface area (Å²) in [6.07, 6.45) is -0.375. The molecule has 0 fully saturated rings. The van der Waals surface area contributed by atoms with Crippen LogP contribution in [0.3, 0.4) is 0 Å². The van der Waals surface area contributed by atoms with Gasteiger partial charge < -0.3 is 10.1 Å². The van der Waals surface area contributed by atoms with Crippen molar-refractivity contribution < 1.29 is 18.3 Å². The standard InChI is InChI=1S/C12H15F2NO2/c1-8(2)17-12(16)15-4-3-9-5-10(13)7-11(14)6-9/h5-8H,3-4H2,1-2H3,(H,15,16). The molecule has 0 aromatic heterocycles. The fraction of sp³-hybridized carbons (Fsp3) is 0.417. The Kier molecular flexibility index (Phi) is 4.87. The van der Waals surface area contributed by atoms with Gasteiger partial charge in [-0.05, 0) is 38.0 Å². The highest BCUT2D eigenvalue weighted by atomic mass is 19.1. The van der Waals surface area contributed by atoms with Gasteiger partial charge in [0.2, 0.25) is 0 Å². The molecule has 1 N–H and O–H groups in total. The molecule has 1 rings (SSSR count). The minimum atomic E-state index is -0.621. The predicted octanol–water partition coefficient (Wildman–Crippen LogP) is 2.64. The zero-order valence-electron chi connectivity index (χ0n) is 9.80. The molecule has 0 heterocycles. The van der Waals surface area contributed by atoms with Crippen LogP contribution in [0.4, 0.5) is 13.6 Å². The minimum absolute atomic E-state index is 0.193. The number of hydrogen-bond donors (Lipinski definition) is 1. The molecule has 0 spiro atoms. The Morgan fingerprint density at radius 1 is 1.29 bits per heavy atom. The predicted molar refractivity (Wildman–Crippen MR) is 59.7 cm³/mol. The molecule has 0 saturated heterocycles. The van der Waals surface area contributed by atoms with Gasteiger partial charge in [-0.1, -0.05) is 0 Å². The fourth-order valence-corrected chi connectivity index (χ4v) is 1.32. The molecule has 3 nitrogen and oxygen atoms in total. The fourth-order valence-electron chi connectivity index (χ4n) is 1.32. The normalized spacial score (nSPS) is 10.4. The van der Waals surface area contributed by atoms with Crippen LogP contribution in [-0.4, -0.2) is 18.7 Å². The van der Waals surface area contributed by atoms with Gasteiger partial charge in [0.1, 0.15) is 11.6 Å². The van der Waals surface area contributed by atoms with Gasteiger partial charge in [-0.25, -0.2) is 13.6 Å². The lowest BCUT2D eigenvalue weighted by Crippen LogP contribution is -2.28. The summed E-state index contributed by atoms with van der Waals surface area (Å²) in [5.74, 6) is -1.24. The van der Waals surface area contributed by atoms with Gasteiger partial charge in [-0.15, -0.1) is 0 Å². The summed E-state index contributed by atoms with van der Waals surface area (Å²) >= 11 is 0. The van der Waals surface area contributed by atoms with Crippen molar-refractivity contribution >= 4 is 6.09 Å². The maximum absolute atomic E-state index is 12.8. The van der Waals surface area contributed by atoms with E-state index in [1.54, 1.807) is 13.8 Å². The summed E-state index contributed by atoms with van der Waals surface area (Å²) < 4.78 is 30.5. The average Bonchev–Trinajstić information content (AvgIpc) is 2.14. The quantitative estimate of drug-likeness (QED) is 0.882. The van der Waals surface area contributed by atoms with Crippen molar-refractivity contribution in [2.24, 2.45) is 0 Å². The number of halogens is 2. The Bertz CT molecular complexity index is 374. The Hall–Kier alpha value is -1.65. The highest BCUT2D eigenvalue weighted by Crippen LogP contribution is 2.08. The topological polar surface area (TPSA) is 38.3 Å². The molecule has 17 heavy (non-hydrogen) atoms. The first-order valence-electron chi connectivity index (χ1n) is 5.37. The van der Waals surface area contributed by atoms with Crippen LogP contribution in [0.25, 0.3) is 0 Å². The van der Waals surface area contributed by atoms with Crippen molar-refractivity contribution in [2.45, 2.75) is 26.4 Å². The summed E-state index contributed by atoms with van der Waals surface area (Å²) in [5, 5.41) is 2.50. The second-order valence-corrected chi connectivity index (χ2v) is 3.91. The third kappa shape index (κ3) is 5.29. The van der Waals surface area contributed by atoms with E-state index in [1.165, 1.54) is 12.1 Å². The molecule has 1 aromatic rings. The minimum Gasteiger partial charge on any atom is -0.447 e. The largest absolute Gasteiger partial charge is 0.447 e. The molecule has 0 bridgehead atoms. The van der Waals surface area contributed by atoms with Crippen LogP contribution >= 0.6 is 0 Å². The second-order valence-electron chi connectivity index (χ2n) is 3.91. The van der Waals surface area contributed by atoms with Crippen molar-refractivity contribution in [2.75, 3.05) is 6.54 Å². The molecule has 5 heteroatoms. The lowest BCUT2D eigenvalue weighted by atomic mass is 10.1. The Labute approximate surface area is 98.8 Å². The first-order valence-corrected chi connectivity index (χ1v) is 5.37. The number of hydrogen-bond acceptors (Lipinski definition) is 2. The molecule has 0 saturated carbocycles. The van der Waals surface area contributed by atoms with Gasteiger partial charge in [0, 0.05) is 12.6 Å². The average molecular weight is 243 g/mol. The molecule has 94 valence electrons. The first-order chi connectivity index (χ1) is 7.97. The van der Waals surface area contributed by atoms with Crippen LogP contribution in [-0.2, 0) is 11.2 Å². The lowest BCUT2D eigenvalue weighted by Gasteiger charge is -2.09. The third-order valence-corrected chi connectivity index (χ3v) is 1.95. The number of amides is 1. The van der Waals surface area contributed by atoms with Crippen LogP contribution in [0.15, 0.2) is 18.2 Å². The maximum atomic E-state index is 12.8. The van der Waals surface area contributed by atoms with E-state index in [0.29, 0.717) is 12.0 Å². The lowest BCUT2D eigenvalue weighted by molar-refractivity contribution is 0.116. The van der Waals surface area contributed by atoms with Gasteiger partial charge >= 0.3 is 6.09 Å². The van der Waals surface area contributed by atoms with E-state index < -0.39 is 17.7 Å². The van der Waals surface area contributed by atoms with Gasteiger partial charge in [0.25, 0.3) is 0 Å². The first kappa shape index (κ1) is 13.4. The van der Waals surface area contributed by atoms with E-state index in [1.807, 2.05) is 0 Å². The molecule has 1 amide bonds. The molecular formula is C12H15F2NO2. The van der Waals surface area contributed by atoms with E-state index in [2.05, 4.69) is 5.32 Å². The number of rotatable bonds is 4. The smallest absolute Gasteiger partial charge is 0.407 e. The van der Waals surface area contributed by atoms with Crippen LogP contribution in [0, 0.1) is 11.6 Å². The number of carbonyl (C=O) groups is 1. The zero-order valence-corrected chi connectivity index (χ0v) is 9.80. The van der Waals surface area contributed by atoms with Crippen molar-refractivity contribution in [1.29, 1.82) is 0 Å². The van der Waals surface area contributed by atoms with E-state index in [-0.39, 0.29) is 12.6 Å². The maximum Gasteiger partial charge on any atom is 0.407 e. The number of nitrogens with one attached hydrogen (secondary N) is 1. The highest BCUT2D eigenvalue weighted by Gasteiger charge is 2.05. The number of ether oxygens (including phenoxy) is 1. The number of benzene rings is 1. The highest BCUT2D eigenvalue weighted by molar-refractivity contribution is 5.67. The van der Waals surface area contributed by atoms with Gasteiger partial charge in [0.15, 0.2) is 0 Å². The zero-order chi connectivity index (χ0) is 12.8. The third-order valence-electron chi connectivity index (χ3n) is 1.95. The van der Waals surface area contributed by atoms with Crippen LogP contribution < -0.4 is 5.32 Å². The van der Waals surface area contributed by atoms with E-state index in [4.69, 9.17) is 4.74 Å². The van der Waals surface area contributed by atoms with Crippen LogP contribution in [0.1, 0.15) is 19.4 Å². The van der Waals surface area contributed by atoms with Gasteiger partial charge in [-0.2, -0.15) is 0 Å². The Balaban J connectivity index is 2.38. The van der Waals surface area contributed by atoms with Crippen LogP contribution in [0.5, 0.6) is 0 Å². The summed E-state index contributed by atoms with van der Waals surface area (Å²) in [5.41, 5.74) is 0.493. The Morgan fingerprint density at radius 3 is 2.41 bits per heavy atom. The molecule has 0 aliphatic heterocycles. The SMILES string of the molecule is CC(C)OC(=O)NCCc1cc(F)cc(F)c1. The van der Waals surface area contributed by atoms with E-state index in [0.717, 1.165) is 6.07 Å². The summed E-state index contributed by atoms with van der Waals surface area (Å²) in [6, 6.07) is 3.28. The van der Waals surface area contributed by atoms with Crippen molar-refractivity contribution in [3.05, 3.63) is 35.4 Å². The molecule has 0 atom stereocenters. The molecule has 1 aromatic carbocycles. The summed E-state index contributed by atoms with van der Waals surface area (Å²) in [7, 11) is 0. The molecule has 0 aliphatic carbocycles. The second kappa shape index (κ2) is 6.18. The van der Waals surface area contributed by atoms with Crippen molar-refractivity contribution in [1.82, 2.24) is 5.32 Å². The number of carbonyl (C=O) groups excluding carboxylic acids is 1. The molecule has 0 unspecified atom stereocenters. The van der Waals surface area contributed by atoms with E-state index in [9.17, 15) is 13.6 Å². The van der Waals surface area contributed by atoms with Gasteiger partial charge in [-0.3, -0.25) is 0 Å². The summed E-state index contributed by atoms with van der Waals surface area (Å²) in [4.78, 5) is 11.1. The van der Waals surface area contributed by atoms with Crippen molar-refractivity contribution in [3.63, 3.8) is 0 Å². The van der Waals surface area contributed by atoms with Crippen molar-refractivity contribution in [3.8, 4) is 0 Å². The Morgan fingerprint density at radius 2 is 1.88 bits per heavy atom. The molecular weight excluding hydrogens is 228 g/mol. The monoisotopic (exact) mass is 243 g/mol. The molecule has 0 aliphatic rings. The summed E-state index contributed by atoms with van der Waals surface area (Å²) in [6.45, 7) is 3.75. The number of alkyl carbamates (subject to hydrolysis) is 1. The molecule has 0 radical (unpaired) electrons. The van der Waals surface area contributed by atoms with E-state index >= 15 is 0 Å².